The van der Waals surface area contributed by atoms with Crippen molar-refractivity contribution in [3.63, 3.8) is 0 Å². The van der Waals surface area contributed by atoms with Crippen LogP contribution in [0.15, 0.2) is 36.4 Å². The topological polar surface area (TPSA) is 18.5 Å². The normalized spacial score (nSPS) is 20.4. The monoisotopic (exact) mass is 358 g/mol. The molecular weight excluding hydrogens is 320 g/mol. The number of hydrogen-bond acceptors (Lipinski definition) is 2. The van der Waals surface area contributed by atoms with Crippen molar-refractivity contribution in [2.24, 2.45) is 11.8 Å². The Morgan fingerprint density at radius 2 is 1.50 bits per heavy atom. The van der Waals surface area contributed by atoms with E-state index >= 15 is 0 Å². The summed E-state index contributed by atoms with van der Waals surface area (Å²) in [4.78, 5) is 0. The fraction of sp³-hybridized carbons (Fsp3) is 0.667. The molecule has 0 N–H and O–H groups in total. The summed E-state index contributed by atoms with van der Waals surface area (Å²) in [7, 11) is 0. The third-order valence-electron chi connectivity index (χ3n) is 5.45. The van der Waals surface area contributed by atoms with Crippen molar-refractivity contribution < 1.29 is 9.47 Å². The summed E-state index contributed by atoms with van der Waals surface area (Å²) in [5.74, 6) is 3.59. The third kappa shape index (κ3) is 8.29. The van der Waals surface area contributed by atoms with E-state index in [9.17, 15) is 0 Å². The Morgan fingerprint density at radius 3 is 2.15 bits per heavy atom. The number of rotatable bonds is 12. The zero-order chi connectivity index (χ0) is 18.5. The van der Waals surface area contributed by atoms with Crippen molar-refractivity contribution in [1.82, 2.24) is 0 Å². The van der Waals surface area contributed by atoms with Crippen molar-refractivity contribution in [2.75, 3.05) is 13.2 Å². The van der Waals surface area contributed by atoms with Crippen LogP contribution in [0.25, 0.3) is 0 Å². The number of benzene rings is 1. The van der Waals surface area contributed by atoms with Crippen molar-refractivity contribution in [2.45, 2.75) is 78.1 Å². The highest BCUT2D eigenvalue weighted by atomic mass is 16.5. The van der Waals surface area contributed by atoms with Gasteiger partial charge in [-0.05, 0) is 68.2 Å². The molecule has 0 amide bonds. The molecule has 1 aromatic rings. The fourth-order valence-electron chi connectivity index (χ4n) is 3.71. The first-order chi connectivity index (χ1) is 12.8. The lowest BCUT2D eigenvalue weighted by Gasteiger charge is -2.26. The van der Waals surface area contributed by atoms with Crippen LogP contribution in [0.1, 0.15) is 78.1 Å². The summed E-state index contributed by atoms with van der Waals surface area (Å²) < 4.78 is 11.5. The number of ether oxygens (including phenoxy) is 2. The Bertz CT molecular complexity index is 483. The molecule has 0 aliphatic heterocycles. The van der Waals surface area contributed by atoms with Gasteiger partial charge in [0.1, 0.15) is 18.1 Å². The minimum atomic E-state index is 0.659. The van der Waals surface area contributed by atoms with E-state index in [-0.39, 0.29) is 0 Å². The van der Waals surface area contributed by atoms with Crippen molar-refractivity contribution in [1.29, 1.82) is 0 Å². The molecule has 146 valence electrons. The van der Waals surface area contributed by atoms with Crippen molar-refractivity contribution in [3.05, 3.63) is 36.4 Å². The quantitative estimate of drug-likeness (QED) is 0.291. The van der Waals surface area contributed by atoms with Crippen LogP contribution in [-0.4, -0.2) is 13.2 Å². The van der Waals surface area contributed by atoms with Crippen molar-refractivity contribution in [3.8, 4) is 11.5 Å². The minimum absolute atomic E-state index is 0.659. The number of unbranched alkanes of at least 4 members (excludes halogenated alkanes) is 3. The van der Waals surface area contributed by atoms with Gasteiger partial charge in [-0.25, -0.2) is 0 Å². The summed E-state index contributed by atoms with van der Waals surface area (Å²) in [6.45, 7) is 5.92. The van der Waals surface area contributed by atoms with Gasteiger partial charge in [-0.15, -0.1) is 0 Å². The van der Waals surface area contributed by atoms with Gasteiger partial charge >= 0.3 is 0 Å². The average Bonchev–Trinajstić information content (AvgIpc) is 2.68. The average molecular weight is 359 g/mol. The Labute approximate surface area is 161 Å². The molecule has 0 spiro atoms. The predicted molar refractivity (Wildman–Crippen MR) is 111 cm³/mol. The van der Waals surface area contributed by atoms with Crippen LogP contribution < -0.4 is 9.47 Å². The van der Waals surface area contributed by atoms with E-state index in [0.717, 1.165) is 42.8 Å². The predicted octanol–water partition coefficient (Wildman–Crippen LogP) is 7.19. The molecule has 0 aromatic heterocycles. The van der Waals surface area contributed by atoms with Crippen LogP contribution in [0.5, 0.6) is 11.5 Å². The van der Waals surface area contributed by atoms with Gasteiger partial charge in [-0.2, -0.15) is 0 Å². The highest BCUT2D eigenvalue weighted by molar-refractivity contribution is 5.31. The van der Waals surface area contributed by atoms with Gasteiger partial charge in [0.25, 0.3) is 0 Å². The fourth-order valence-corrected chi connectivity index (χ4v) is 3.71. The third-order valence-corrected chi connectivity index (χ3v) is 5.45. The summed E-state index contributed by atoms with van der Waals surface area (Å²) in [5.41, 5.74) is 0. The maximum Gasteiger partial charge on any atom is 0.120 e. The zero-order valence-corrected chi connectivity index (χ0v) is 16.9. The molecule has 0 saturated heterocycles. The Balaban J connectivity index is 1.59. The number of hydrogen-bond donors (Lipinski definition) is 0. The molecule has 2 nitrogen and oxygen atoms in total. The molecule has 0 heterocycles. The first-order valence-electron chi connectivity index (χ1n) is 10.8. The molecule has 2 heteroatoms. The second kappa shape index (κ2) is 12.8. The summed E-state index contributed by atoms with van der Waals surface area (Å²) in [6.07, 6.45) is 18.0. The van der Waals surface area contributed by atoms with Crippen LogP contribution in [0, 0.1) is 11.8 Å². The lowest BCUT2D eigenvalue weighted by Crippen LogP contribution is -2.13. The molecule has 0 atom stereocenters. The minimum Gasteiger partial charge on any atom is -0.494 e. The maximum atomic E-state index is 5.82. The van der Waals surface area contributed by atoms with Crippen molar-refractivity contribution >= 4 is 0 Å². The lowest BCUT2D eigenvalue weighted by atomic mass is 9.79. The van der Waals surface area contributed by atoms with Crippen LogP contribution in [0.4, 0.5) is 0 Å². The van der Waals surface area contributed by atoms with E-state index in [0.29, 0.717) is 6.61 Å². The van der Waals surface area contributed by atoms with Crippen LogP contribution in [0.3, 0.4) is 0 Å². The van der Waals surface area contributed by atoms with Gasteiger partial charge in [0.15, 0.2) is 0 Å². The molecule has 1 aliphatic carbocycles. The Morgan fingerprint density at radius 1 is 0.846 bits per heavy atom. The molecule has 0 bridgehead atoms. The SMILES string of the molecule is CCCCCC1CCC(/C=C/COc2ccc(OCCCC)cc2)CC1. The second-order valence-corrected chi connectivity index (χ2v) is 7.69. The van der Waals surface area contributed by atoms with E-state index < -0.39 is 0 Å². The van der Waals surface area contributed by atoms with Crippen LogP contribution in [-0.2, 0) is 0 Å². The largest absolute Gasteiger partial charge is 0.494 e. The first-order valence-corrected chi connectivity index (χ1v) is 10.8. The highest BCUT2D eigenvalue weighted by Crippen LogP contribution is 2.32. The van der Waals surface area contributed by atoms with Gasteiger partial charge < -0.3 is 9.47 Å². The molecule has 2 rings (SSSR count). The molecule has 0 unspecified atom stereocenters. The molecule has 0 radical (unpaired) electrons. The van der Waals surface area contributed by atoms with Crippen LogP contribution in [0.2, 0.25) is 0 Å². The Kier molecular flexibility index (Phi) is 10.3. The van der Waals surface area contributed by atoms with Gasteiger partial charge in [0.2, 0.25) is 0 Å². The Hall–Kier alpha value is -1.44. The van der Waals surface area contributed by atoms with Crippen LogP contribution >= 0.6 is 0 Å². The number of allylic oxidation sites excluding steroid dienone is 1. The van der Waals surface area contributed by atoms with Gasteiger partial charge in [0, 0.05) is 0 Å². The highest BCUT2D eigenvalue weighted by Gasteiger charge is 2.18. The van der Waals surface area contributed by atoms with E-state index in [1.54, 1.807) is 0 Å². The molecule has 26 heavy (non-hydrogen) atoms. The molecule has 1 saturated carbocycles. The molecule has 1 fully saturated rings. The first kappa shape index (κ1) is 20.9. The molecule has 1 aliphatic rings. The van der Waals surface area contributed by atoms with E-state index in [1.165, 1.54) is 51.4 Å². The summed E-state index contributed by atoms with van der Waals surface area (Å²) in [5, 5.41) is 0. The van der Waals surface area contributed by atoms with Gasteiger partial charge in [-0.1, -0.05) is 58.1 Å². The standard InChI is InChI=1S/C24H38O2/c1-3-5-7-9-21-11-13-22(14-12-21)10-8-20-26-24-17-15-23(16-18-24)25-19-6-4-2/h8,10,15-18,21-22H,3-7,9,11-14,19-20H2,1-2H3/b10-8+. The van der Waals surface area contributed by atoms with Gasteiger partial charge in [0.05, 0.1) is 6.61 Å². The van der Waals surface area contributed by atoms with E-state index in [1.807, 2.05) is 24.3 Å². The van der Waals surface area contributed by atoms with E-state index in [2.05, 4.69) is 26.0 Å². The van der Waals surface area contributed by atoms with Gasteiger partial charge in [-0.3, -0.25) is 0 Å². The summed E-state index contributed by atoms with van der Waals surface area (Å²) in [6, 6.07) is 7.98. The second-order valence-electron chi connectivity index (χ2n) is 7.69. The lowest BCUT2D eigenvalue weighted by molar-refractivity contribution is 0.288. The maximum absolute atomic E-state index is 5.82. The zero-order valence-electron chi connectivity index (χ0n) is 16.9. The smallest absolute Gasteiger partial charge is 0.120 e. The molecular formula is C24H38O2. The molecule has 1 aromatic carbocycles. The van der Waals surface area contributed by atoms with E-state index in [4.69, 9.17) is 9.47 Å². The summed E-state index contributed by atoms with van der Waals surface area (Å²) >= 11 is 0.